The molecule has 0 radical (unpaired) electrons. The van der Waals surface area contributed by atoms with Gasteiger partial charge in [-0.15, -0.1) is 22.7 Å². The molecule has 0 N–H and O–H groups in total. The standard InChI is InChI=1S/C35H22N2S2/c36-22-24-2-1-3-26(7-4-24)28-10-14-30(15-11-28)32-18-20-34(38-32)35-21-19-33(39-35)31-16-12-29(13-17-31)27-8-5-25(23-37)6-9-27/h2-21H,1H2. The Labute approximate surface area is 236 Å². The molecule has 1 aliphatic rings. The summed E-state index contributed by atoms with van der Waals surface area (Å²) in [5.74, 6) is 0. The van der Waals surface area contributed by atoms with Gasteiger partial charge in [-0.2, -0.15) is 10.5 Å². The number of allylic oxidation sites excluding steroid dienone is 6. The topological polar surface area (TPSA) is 47.6 Å². The predicted molar refractivity (Wildman–Crippen MR) is 164 cm³/mol. The highest BCUT2D eigenvalue weighted by Gasteiger charge is 2.10. The molecule has 0 saturated carbocycles. The molecule has 6 rings (SSSR count). The maximum absolute atomic E-state index is 9.14. The lowest BCUT2D eigenvalue weighted by molar-refractivity contribution is 1.37. The summed E-state index contributed by atoms with van der Waals surface area (Å²) in [6.07, 6.45) is 8.79. The Hall–Kier alpha value is -4.74. The van der Waals surface area contributed by atoms with Crippen LogP contribution >= 0.6 is 22.7 Å². The largest absolute Gasteiger partial charge is 0.192 e. The number of rotatable bonds is 5. The predicted octanol–water partition coefficient (Wildman–Crippen LogP) is 10.1. The minimum Gasteiger partial charge on any atom is -0.192 e. The van der Waals surface area contributed by atoms with E-state index in [4.69, 9.17) is 10.5 Å². The summed E-state index contributed by atoms with van der Waals surface area (Å²) in [6, 6.07) is 38.2. The van der Waals surface area contributed by atoms with Crippen LogP contribution < -0.4 is 0 Å². The van der Waals surface area contributed by atoms with Gasteiger partial charge in [-0.05, 0) is 82.3 Å². The average Bonchev–Trinajstić information content (AvgIpc) is 3.63. The van der Waals surface area contributed by atoms with Crippen LogP contribution in [0, 0.1) is 22.7 Å². The Kier molecular flexibility index (Phi) is 6.89. The molecule has 0 amide bonds. The quantitative estimate of drug-likeness (QED) is 0.225. The van der Waals surface area contributed by atoms with Gasteiger partial charge in [0, 0.05) is 25.1 Å². The number of nitriles is 2. The lowest BCUT2D eigenvalue weighted by atomic mass is 10.0. The van der Waals surface area contributed by atoms with Crippen LogP contribution in [0.1, 0.15) is 17.5 Å². The second-order valence-electron chi connectivity index (χ2n) is 9.17. The lowest BCUT2D eigenvalue weighted by Crippen LogP contribution is -1.81. The molecule has 1 aliphatic carbocycles. The van der Waals surface area contributed by atoms with Crippen LogP contribution in [0.15, 0.2) is 127 Å². The zero-order valence-electron chi connectivity index (χ0n) is 21.0. The third kappa shape index (κ3) is 5.31. The Balaban J connectivity index is 1.17. The van der Waals surface area contributed by atoms with Gasteiger partial charge in [0.05, 0.1) is 17.7 Å². The summed E-state index contributed by atoms with van der Waals surface area (Å²) in [6.45, 7) is 0. The molecule has 2 aromatic heterocycles. The van der Waals surface area contributed by atoms with Gasteiger partial charge in [-0.1, -0.05) is 78.9 Å². The SMILES string of the molecule is N#CC1=CCC=C(c2ccc(-c3ccc(-c4ccc(-c5ccc(-c6ccc(C#N)cc6)cc5)s4)s3)cc2)C=C1. The van der Waals surface area contributed by atoms with E-state index in [9.17, 15) is 0 Å². The highest BCUT2D eigenvalue weighted by Crippen LogP contribution is 2.41. The number of hydrogen-bond donors (Lipinski definition) is 0. The van der Waals surface area contributed by atoms with Gasteiger partial charge in [-0.3, -0.25) is 0 Å². The fourth-order valence-corrected chi connectivity index (χ4v) is 6.68. The Morgan fingerprint density at radius 1 is 0.462 bits per heavy atom. The number of hydrogen-bond acceptors (Lipinski definition) is 4. The van der Waals surface area contributed by atoms with Crippen molar-refractivity contribution in [3.05, 3.63) is 138 Å². The van der Waals surface area contributed by atoms with E-state index < -0.39 is 0 Å². The zero-order valence-corrected chi connectivity index (χ0v) is 22.6. The van der Waals surface area contributed by atoms with E-state index in [1.165, 1.54) is 30.6 Å². The molecule has 39 heavy (non-hydrogen) atoms. The van der Waals surface area contributed by atoms with Crippen LogP contribution in [0.3, 0.4) is 0 Å². The van der Waals surface area contributed by atoms with E-state index in [1.807, 2.05) is 65.2 Å². The van der Waals surface area contributed by atoms with E-state index in [0.717, 1.165) is 28.7 Å². The molecule has 0 saturated heterocycles. The molecule has 0 fully saturated rings. The van der Waals surface area contributed by atoms with Gasteiger partial charge in [0.2, 0.25) is 0 Å². The molecule has 5 aromatic rings. The molecule has 0 atom stereocenters. The van der Waals surface area contributed by atoms with Gasteiger partial charge >= 0.3 is 0 Å². The summed E-state index contributed by atoms with van der Waals surface area (Å²) in [7, 11) is 0. The van der Waals surface area contributed by atoms with E-state index in [2.05, 4.69) is 91.0 Å². The number of benzene rings is 3. The molecule has 0 unspecified atom stereocenters. The van der Waals surface area contributed by atoms with Crippen LogP contribution in [-0.4, -0.2) is 0 Å². The minimum atomic E-state index is 0.675. The van der Waals surface area contributed by atoms with Gasteiger partial charge in [0.1, 0.15) is 0 Å². The van der Waals surface area contributed by atoms with Gasteiger partial charge < -0.3 is 0 Å². The van der Waals surface area contributed by atoms with Gasteiger partial charge in [0.25, 0.3) is 0 Å². The zero-order chi connectivity index (χ0) is 26.6. The van der Waals surface area contributed by atoms with Gasteiger partial charge in [-0.25, -0.2) is 0 Å². The summed E-state index contributed by atoms with van der Waals surface area (Å²) < 4.78 is 0. The Morgan fingerprint density at radius 3 is 1.49 bits per heavy atom. The molecule has 4 heteroatoms. The van der Waals surface area contributed by atoms with Crippen molar-refractivity contribution in [3.63, 3.8) is 0 Å². The third-order valence-corrected chi connectivity index (χ3v) is 9.19. The molecule has 2 heterocycles. The number of nitrogens with zero attached hydrogens (tertiary/aromatic N) is 2. The van der Waals surface area contributed by atoms with E-state index in [0.29, 0.717) is 11.1 Å². The highest BCUT2D eigenvalue weighted by molar-refractivity contribution is 7.25. The second kappa shape index (κ2) is 10.9. The first kappa shape index (κ1) is 24.6. The van der Waals surface area contributed by atoms with Crippen molar-refractivity contribution in [1.29, 1.82) is 10.5 Å². The van der Waals surface area contributed by atoms with Crippen molar-refractivity contribution in [2.24, 2.45) is 0 Å². The summed E-state index contributed by atoms with van der Waals surface area (Å²) in [5, 5.41) is 18.2. The molecule has 0 spiro atoms. The van der Waals surface area contributed by atoms with Crippen LogP contribution in [0.4, 0.5) is 0 Å². The van der Waals surface area contributed by atoms with E-state index in [1.54, 1.807) is 0 Å². The van der Waals surface area contributed by atoms with Crippen LogP contribution in [-0.2, 0) is 0 Å². The second-order valence-corrected chi connectivity index (χ2v) is 11.3. The third-order valence-electron chi connectivity index (χ3n) is 6.72. The van der Waals surface area contributed by atoms with E-state index in [-0.39, 0.29) is 0 Å². The smallest absolute Gasteiger partial charge is 0.0991 e. The first-order chi connectivity index (χ1) is 19.2. The first-order valence-electron chi connectivity index (χ1n) is 12.6. The molecular weight excluding hydrogens is 513 g/mol. The maximum atomic E-state index is 9.14. The van der Waals surface area contributed by atoms with Crippen molar-refractivity contribution in [1.82, 2.24) is 0 Å². The fraction of sp³-hybridized carbons (Fsp3) is 0.0286. The fourth-order valence-electron chi connectivity index (χ4n) is 4.57. The molecule has 2 nitrogen and oxygen atoms in total. The Morgan fingerprint density at radius 2 is 0.949 bits per heavy atom. The molecule has 0 aliphatic heterocycles. The lowest BCUT2D eigenvalue weighted by Gasteiger charge is -2.04. The summed E-state index contributed by atoms with van der Waals surface area (Å²) in [5.41, 5.74) is 8.35. The summed E-state index contributed by atoms with van der Waals surface area (Å²) >= 11 is 3.62. The van der Waals surface area contributed by atoms with Gasteiger partial charge in [0.15, 0.2) is 0 Å². The average molecular weight is 535 g/mol. The van der Waals surface area contributed by atoms with Crippen molar-refractivity contribution in [3.8, 4) is 53.9 Å². The highest BCUT2D eigenvalue weighted by atomic mass is 32.1. The van der Waals surface area contributed by atoms with Crippen molar-refractivity contribution < 1.29 is 0 Å². The van der Waals surface area contributed by atoms with E-state index >= 15 is 0 Å². The number of thiophene rings is 2. The molecule has 0 bridgehead atoms. The van der Waals surface area contributed by atoms with Crippen molar-refractivity contribution in [2.45, 2.75) is 6.42 Å². The Bertz CT molecular complexity index is 1810. The van der Waals surface area contributed by atoms with Crippen molar-refractivity contribution in [2.75, 3.05) is 0 Å². The van der Waals surface area contributed by atoms with Crippen LogP contribution in [0.5, 0.6) is 0 Å². The normalized spacial score (nSPS) is 12.7. The minimum absolute atomic E-state index is 0.675. The molecular formula is C35H22N2S2. The molecule has 184 valence electrons. The van der Waals surface area contributed by atoms with Crippen molar-refractivity contribution >= 4 is 28.2 Å². The first-order valence-corrected chi connectivity index (χ1v) is 14.2. The van der Waals surface area contributed by atoms with Crippen LogP contribution in [0.2, 0.25) is 0 Å². The maximum Gasteiger partial charge on any atom is 0.0991 e. The summed E-state index contributed by atoms with van der Waals surface area (Å²) in [4.78, 5) is 5.03. The molecule has 3 aromatic carbocycles. The van der Waals surface area contributed by atoms with Crippen LogP contribution in [0.25, 0.3) is 47.3 Å². The monoisotopic (exact) mass is 534 g/mol.